The normalized spacial score (nSPS) is 15.1. The molecule has 0 amide bonds. The lowest BCUT2D eigenvalue weighted by Gasteiger charge is -2.13. The monoisotopic (exact) mass is 359 g/mol. The first-order valence-electron chi connectivity index (χ1n) is 9.31. The fourth-order valence-corrected chi connectivity index (χ4v) is 3.24. The van der Waals surface area contributed by atoms with Crippen molar-refractivity contribution in [1.82, 2.24) is 29.6 Å². The van der Waals surface area contributed by atoms with Crippen LogP contribution in [0.1, 0.15) is 48.7 Å². The lowest BCUT2D eigenvalue weighted by atomic mass is 10.2. The number of nitrogens with one attached hydrogen (secondary N) is 1. The fraction of sp³-hybridized carbons (Fsp3) is 0.300. The van der Waals surface area contributed by atoms with Gasteiger partial charge in [0, 0.05) is 17.7 Å². The molecule has 1 fully saturated rings. The summed E-state index contributed by atoms with van der Waals surface area (Å²) in [6.07, 6.45) is 6.35. The average Bonchev–Trinajstić information content (AvgIpc) is 3.27. The van der Waals surface area contributed by atoms with E-state index < -0.39 is 0 Å². The van der Waals surface area contributed by atoms with Gasteiger partial charge in [-0.3, -0.25) is 4.68 Å². The molecule has 4 aromatic rings. The molecule has 7 heteroatoms. The van der Waals surface area contributed by atoms with Gasteiger partial charge in [-0.25, -0.2) is 0 Å². The molecule has 1 aliphatic rings. The summed E-state index contributed by atoms with van der Waals surface area (Å²) in [6, 6.07) is 14.3. The van der Waals surface area contributed by atoms with E-state index in [-0.39, 0.29) is 6.04 Å². The zero-order valence-corrected chi connectivity index (χ0v) is 15.2. The van der Waals surface area contributed by atoms with Crippen molar-refractivity contribution >= 4 is 11.5 Å². The van der Waals surface area contributed by atoms with Gasteiger partial charge in [-0.2, -0.15) is 9.61 Å². The van der Waals surface area contributed by atoms with Crippen LogP contribution in [0, 0.1) is 0 Å². The highest BCUT2D eigenvalue weighted by Gasteiger charge is 2.29. The van der Waals surface area contributed by atoms with Crippen molar-refractivity contribution in [3.63, 3.8) is 0 Å². The van der Waals surface area contributed by atoms with Gasteiger partial charge in [0.2, 0.25) is 0 Å². The number of hydrogen-bond donors (Lipinski definition) is 1. The van der Waals surface area contributed by atoms with Crippen LogP contribution in [0.3, 0.4) is 0 Å². The highest BCUT2D eigenvalue weighted by atomic mass is 15.4. The summed E-state index contributed by atoms with van der Waals surface area (Å²) in [5.74, 6) is 2.29. The Labute approximate surface area is 157 Å². The number of hydrogen-bond acceptors (Lipinski definition) is 5. The number of rotatable bonds is 6. The first-order chi connectivity index (χ1) is 13.3. The molecule has 136 valence electrons. The Hall–Kier alpha value is -3.22. The molecular weight excluding hydrogens is 338 g/mol. The molecule has 1 atom stereocenters. The maximum Gasteiger partial charge on any atom is 0.178 e. The molecule has 0 bridgehead atoms. The maximum absolute atomic E-state index is 4.69. The van der Waals surface area contributed by atoms with E-state index in [1.165, 1.54) is 18.4 Å². The molecule has 0 saturated heterocycles. The number of nitrogens with zero attached hydrogens (tertiary/aromatic N) is 6. The zero-order valence-electron chi connectivity index (χ0n) is 15.2. The fourth-order valence-electron chi connectivity index (χ4n) is 3.24. The third kappa shape index (κ3) is 3.28. The van der Waals surface area contributed by atoms with Crippen molar-refractivity contribution < 1.29 is 0 Å². The van der Waals surface area contributed by atoms with Crippen LogP contribution in [0.15, 0.2) is 54.9 Å². The number of aromatic nitrogens is 6. The highest BCUT2D eigenvalue weighted by Crippen LogP contribution is 2.38. The summed E-state index contributed by atoms with van der Waals surface area (Å²) in [6.45, 7) is 2.88. The Morgan fingerprint density at radius 3 is 2.78 bits per heavy atom. The van der Waals surface area contributed by atoms with Gasteiger partial charge in [-0.05, 0) is 37.5 Å². The maximum atomic E-state index is 4.69. The molecule has 1 unspecified atom stereocenters. The number of benzene rings is 1. The van der Waals surface area contributed by atoms with Crippen molar-refractivity contribution in [1.29, 1.82) is 0 Å². The smallest absolute Gasteiger partial charge is 0.178 e. The molecule has 0 aliphatic heterocycles. The lowest BCUT2D eigenvalue weighted by Crippen LogP contribution is -2.09. The largest absolute Gasteiger partial charge is 0.362 e. The molecule has 1 saturated carbocycles. The second-order valence-corrected chi connectivity index (χ2v) is 7.14. The Balaban J connectivity index is 1.32. The molecule has 1 aromatic carbocycles. The summed E-state index contributed by atoms with van der Waals surface area (Å²) in [4.78, 5) is 0. The van der Waals surface area contributed by atoms with Gasteiger partial charge in [0.25, 0.3) is 0 Å². The first-order valence-corrected chi connectivity index (χ1v) is 9.31. The lowest BCUT2D eigenvalue weighted by molar-refractivity contribution is 0.685. The van der Waals surface area contributed by atoms with Crippen molar-refractivity contribution in [3.05, 3.63) is 71.8 Å². The van der Waals surface area contributed by atoms with Gasteiger partial charge in [-0.1, -0.05) is 30.3 Å². The van der Waals surface area contributed by atoms with Crippen molar-refractivity contribution in [2.75, 3.05) is 5.32 Å². The average molecular weight is 359 g/mol. The van der Waals surface area contributed by atoms with Crippen LogP contribution in [0.5, 0.6) is 0 Å². The van der Waals surface area contributed by atoms with E-state index in [0.717, 1.165) is 29.4 Å². The molecule has 3 heterocycles. The van der Waals surface area contributed by atoms with Crippen molar-refractivity contribution in [2.24, 2.45) is 0 Å². The van der Waals surface area contributed by atoms with E-state index >= 15 is 0 Å². The second-order valence-electron chi connectivity index (χ2n) is 7.14. The minimum absolute atomic E-state index is 0.0975. The molecule has 1 N–H and O–H groups in total. The predicted molar refractivity (Wildman–Crippen MR) is 103 cm³/mol. The standard InChI is InChI=1S/C20H21N7/c1-14(17-11-21-26(13-17)12-15-5-3-2-4-6-15)22-18-9-10-19-23-24-20(16-7-8-16)27(19)25-18/h2-6,9-11,13-14,16H,7-8,12H2,1H3,(H,22,25). The van der Waals surface area contributed by atoms with E-state index in [0.29, 0.717) is 5.92 Å². The number of fused-ring (bicyclic) bond motifs is 1. The van der Waals surface area contributed by atoms with Crippen LogP contribution in [0.4, 0.5) is 5.82 Å². The topological polar surface area (TPSA) is 72.9 Å². The third-order valence-electron chi connectivity index (χ3n) is 4.93. The van der Waals surface area contributed by atoms with Crippen molar-refractivity contribution in [2.45, 2.75) is 38.3 Å². The van der Waals surface area contributed by atoms with Gasteiger partial charge in [-0.15, -0.1) is 15.3 Å². The Morgan fingerprint density at radius 2 is 1.96 bits per heavy atom. The van der Waals surface area contributed by atoms with E-state index in [1.807, 2.05) is 45.7 Å². The Kier molecular flexibility index (Phi) is 3.85. The summed E-state index contributed by atoms with van der Waals surface area (Å²) in [5.41, 5.74) is 3.16. The SMILES string of the molecule is CC(Nc1ccc2nnc(C3CC3)n2n1)c1cnn(Cc2ccccc2)c1. The number of anilines is 1. The molecule has 3 aromatic heterocycles. The van der Waals surface area contributed by atoms with E-state index in [4.69, 9.17) is 0 Å². The third-order valence-corrected chi connectivity index (χ3v) is 4.93. The molecule has 1 aliphatic carbocycles. The van der Waals surface area contributed by atoms with E-state index in [1.54, 1.807) is 0 Å². The van der Waals surface area contributed by atoms with Crippen LogP contribution < -0.4 is 5.32 Å². The molecule has 0 radical (unpaired) electrons. The Bertz CT molecular complexity index is 1060. The quantitative estimate of drug-likeness (QED) is 0.571. The van der Waals surface area contributed by atoms with E-state index in [2.05, 4.69) is 51.0 Å². The highest BCUT2D eigenvalue weighted by molar-refractivity contribution is 5.45. The van der Waals surface area contributed by atoms with Crippen LogP contribution in [0.25, 0.3) is 5.65 Å². The van der Waals surface area contributed by atoms with Crippen LogP contribution in [0.2, 0.25) is 0 Å². The van der Waals surface area contributed by atoms with Gasteiger partial charge < -0.3 is 5.32 Å². The summed E-state index contributed by atoms with van der Waals surface area (Å²) < 4.78 is 3.83. The van der Waals surface area contributed by atoms with Gasteiger partial charge in [0.05, 0.1) is 18.8 Å². The minimum atomic E-state index is 0.0975. The molecule has 5 rings (SSSR count). The Morgan fingerprint density at radius 1 is 1.11 bits per heavy atom. The van der Waals surface area contributed by atoms with Crippen LogP contribution in [-0.4, -0.2) is 29.6 Å². The minimum Gasteiger partial charge on any atom is -0.362 e. The molecule has 0 spiro atoms. The van der Waals surface area contributed by atoms with Crippen LogP contribution in [-0.2, 0) is 6.54 Å². The molecule has 27 heavy (non-hydrogen) atoms. The molecule has 7 nitrogen and oxygen atoms in total. The van der Waals surface area contributed by atoms with E-state index in [9.17, 15) is 0 Å². The van der Waals surface area contributed by atoms with Crippen molar-refractivity contribution in [3.8, 4) is 0 Å². The van der Waals surface area contributed by atoms with Gasteiger partial charge in [0.1, 0.15) is 5.82 Å². The molecular formula is C20H21N7. The zero-order chi connectivity index (χ0) is 18.2. The van der Waals surface area contributed by atoms with Gasteiger partial charge in [0.15, 0.2) is 11.5 Å². The van der Waals surface area contributed by atoms with Gasteiger partial charge >= 0.3 is 0 Å². The summed E-state index contributed by atoms with van der Waals surface area (Å²) in [5, 5.41) is 21.1. The first kappa shape index (κ1) is 16.0. The van der Waals surface area contributed by atoms with Crippen LogP contribution >= 0.6 is 0 Å². The summed E-state index contributed by atoms with van der Waals surface area (Å²) >= 11 is 0. The second kappa shape index (κ2) is 6.50. The predicted octanol–water partition coefficient (Wildman–Crippen LogP) is 3.42. The summed E-state index contributed by atoms with van der Waals surface area (Å²) in [7, 11) is 0.